The molecule has 1 aliphatic rings. The molecule has 110 valence electrons. The van der Waals surface area contributed by atoms with Crippen molar-refractivity contribution >= 4 is 5.97 Å². The summed E-state index contributed by atoms with van der Waals surface area (Å²) < 4.78 is 15.9. The van der Waals surface area contributed by atoms with E-state index in [1.54, 1.807) is 25.3 Å². The first-order valence-electron chi connectivity index (χ1n) is 6.75. The Kier molecular flexibility index (Phi) is 4.84. The SMILES string of the molecule is COC(=O)c1ccc(OC)c(OC2CCC(O)CC2)c1. The van der Waals surface area contributed by atoms with Crippen LogP contribution < -0.4 is 9.47 Å². The Balaban J connectivity index is 2.14. The average molecular weight is 280 g/mol. The lowest BCUT2D eigenvalue weighted by molar-refractivity contribution is 0.0594. The smallest absolute Gasteiger partial charge is 0.337 e. The van der Waals surface area contributed by atoms with Gasteiger partial charge in [-0.1, -0.05) is 0 Å². The van der Waals surface area contributed by atoms with Crippen molar-refractivity contribution in [3.63, 3.8) is 0 Å². The third-order valence-corrected chi connectivity index (χ3v) is 3.52. The van der Waals surface area contributed by atoms with Crippen LogP contribution in [0.25, 0.3) is 0 Å². The second kappa shape index (κ2) is 6.61. The standard InChI is InChI=1S/C15H20O5/c1-18-13-8-3-10(15(17)19-2)9-14(13)20-12-6-4-11(16)5-7-12/h3,8-9,11-12,16H,4-7H2,1-2H3. The Hall–Kier alpha value is -1.75. The van der Waals surface area contributed by atoms with Crippen molar-refractivity contribution in [2.75, 3.05) is 14.2 Å². The summed E-state index contributed by atoms with van der Waals surface area (Å²) in [4.78, 5) is 11.5. The van der Waals surface area contributed by atoms with Crippen LogP contribution >= 0.6 is 0 Å². The minimum absolute atomic E-state index is 0.0418. The van der Waals surface area contributed by atoms with E-state index in [0.717, 1.165) is 25.7 Å². The van der Waals surface area contributed by atoms with Gasteiger partial charge in [0, 0.05) is 0 Å². The van der Waals surface area contributed by atoms with Crippen LogP contribution in [0, 0.1) is 0 Å². The van der Waals surface area contributed by atoms with Gasteiger partial charge in [-0.25, -0.2) is 4.79 Å². The van der Waals surface area contributed by atoms with Crippen LogP contribution in [0.5, 0.6) is 11.5 Å². The lowest BCUT2D eigenvalue weighted by Crippen LogP contribution is -2.26. The lowest BCUT2D eigenvalue weighted by atomic mass is 9.95. The molecule has 1 fully saturated rings. The minimum Gasteiger partial charge on any atom is -0.493 e. The first-order valence-corrected chi connectivity index (χ1v) is 6.75. The van der Waals surface area contributed by atoms with Crippen LogP contribution in [0.15, 0.2) is 18.2 Å². The van der Waals surface area contributed by atoms with Crippen molar-refractivity contribution < 1.29 is 24.1 Å². The average Bonchev–Trinajstić information content (AvgIpc) is 2.48. The normalized spacial score (nSPS) is 22.1. The molecule has 1 aromatic rings. The number of aliphatic hydroxyl groups is 1. The molecule has 0 aromatic heterocycles. The van der Waals surface area contributed by atoms with Crippen LogP contribution in [-0.4, -0.2) is 37.5 Å². The first-order chi connectivity index (χ1) is 9.63. The van der Waals surface area contributed by atoms with Crippen molar-refractivity contribution in [3.05, 3.63) is 23.8 Å². The van der Waals surface area contributed by atoms with Crippen LogP contribution in [0.4, 0.5) is 0 Å². The van der Waals surface area contributed by atoms with Crippen LogP contribution in [0.2, 0.25) is 0 Å². The van der Waals surface area contributed by atoms with Gasteiger partial charge in [-0.3, -0.25) is 0 Å². The van der Waals surface area contributed by atoms with Crippen LogP contribution in [0.1, 0.15) is 36.0 Å². The summed E-state index contributed by atoms with van der Waals surface area (Å²) in [5.74, 6) is 0.720. The maximum Gasteiger partial charge on any atom is 0.337 e. The maximum atomic E-state index is 11.5. The third-order valence-electron chi connectivity index (χ3n) is 3.52. The second-order valence-corrected chi connectivity index (χ2v) is 4.91. The second-order valence-electron chi connectivity index (χ2n) is 4.91. The van der Waals surface area contributed by atoms with Gasteiger partial charge in [0.05, 0.1) is 32.0 Å². The van der Waals surface area contributed by atoms with Gasteiger partial charge in [-0.05, 0) is 43.9 Å². The topological polar surface area (TPSA) is 65.0 Å². The van der Waals surface area contributed by atoms with E-state index in [1.807, 2.05) is 0 Å². The molecule has 1 aromatic carbocycles. The highest BCUT2D eigenvalue weighted by Gasteiger charge is 2.22. The van der Waals surface area contributed by atoms with Gasteiger partial charge in [0.2, 0.25) is 0 Å². The highest BCUT2D eigenvalue weighted by atomic mass is 16.5. The number of carbonyl (C=O) groups is 1. The van der Waals surface area contributed by atoms with E-state index < -0.39 is 5.97 Å². The van der Waals surface area contributed by atoms with E-state index in [-0.39, 0.29) is 12.2 Å². The molecule has 0 bridgehead atoms. The molecule has 5 heteroatoms. The maximum absolute atomic E-state index is 11.5. The molecule has 0 atom stereocenters. The zero-order valence-electron chi connectivity index (χ0n) is 11.8. The van der Waals surface area contributed by atoms with Crippen LogP contribution in [-0.2, 0) is 4.74 Å². The number of hydrogen-bond donors (Lipinski definition) is 1. The Morgan fingerprint density at radius 2 is 1.85 bits per heavy atom. The Bertz CT molecular complexity index is 463. The summed E-state index contributed by atoms with van der Waals surface area (Å²) in [5, 5.41) is 9.50. The molecule has 1 aliphatic carbocycles. The molecule has 0 amide bonds. The predicted molar refractivity (Wildman–Crippen MR) is 73.2 cm³/mol. The van der Waals surface area contributed by atoms with Crippen molar-refractivity contribution in [2.45, 2.75) is 37.9 Å². The molecule has 20 heavy (non-hydrogen) atoms. The summed E-state index contributed by atoms with van der Waals surface area (Å²) >= 11 is 0. The van der Waals surface area contributed by atoms with Crippen molar-refractivity contribution in [3.8, 4) is 11.5 Å². The predicted octanol–water partition coefficient (Wildman–Crippen LogP) is 2.16. The number of carbonyl (C=O) groups excluding carboxylic acids is 1. The molecule has 0 aliphatic heterocycles. The van der Waals surface area contributed by atoms with Crippen LogP contribution in [0.3, 0.4) is 0 Å². The highest BCUT2D eigenvalue weighted by Crippen LogP contribution is 2.32. The fourth-order valence-corrected chi connectivity index (χ4v) is 2.36. The fraction of sp³-hybridized carbons (Fsp3) is 0.533. The summed E-state index contributed by atoms with van der Waals surface area (Å²) in [7, 11) is 2.90. The summed E-state index contributed by atoms with van der Waals surface area (Å²) in [6, 6.07) is 4.97. The van der Waals surface area contributed by atoms with Crippen molar-refractivity contribution in [1.82, 2.24) is 0 Å². The van der Waals surface area contributed by atoms with E-state index in [9.17, 15) is 9.90 Å². The third kappa shape index (κ3) is 3.42. The molecule has 0 saturated heterocycles. The monoisotopic (exact) mass is 280 g/mol. The lowest BCUT2D eigenvalue weighted by Gasteiger charge is -2.26. The quantitative estimate of drug-likeness (QED) is 0.856. The van der Waals surface area contributed by atoms with Gasteiger partial charge in [-0.15, -0.1) is 0 Å². The minimum atomic E-state index is -0.406. The number of benzene rings is 1. The molecule has 0 unspecified atom stereocenters. The van der Waals surface area contributed by atoms with E-state index in [0.29, 0.717) is 17.1 Å². The van der Waals surface area contributed by atoms with Gasteiger partial charge < -0.3 is 19.3 Å². The van der Waals surface area contributed by atoms with Crippen molar-refractivity contribution in [2.24, 2.45) is 0 Å². The van der Waals surface area contributed by atoms with Gasteiger partial charge >= 0.3 is 5.97 Å². The van der Waals surface area contributed by atoms with E-state index in [2.05, 4.69) is 0 Å². The molecule has 2 rings (SSSR count). The number of ether oxygens (including phenoxy) is 3. The number of methoxy groups -OCH3 is 2. The molecule has 5 nitrogen and oxygen atoms in total. The van der Waals surface area contributed by atoms with E-state index in [4.69, 9.17) is 14.2 Å². The zero-order chi connectivity index (χ0) is 14.5. The number of esters is 1. The molecule has 1 saturated carbocycles. The number of rotatable bonds is 4. The Morgan fingerprint density at radius 3 is 2.45 bits per heavy atom. The van der Waals surface area contributed by atoms with Gasteiger partial charge in [-0.2, -0.15) is 0 Å². The molecular weight excluding hydrogens is 260 g/mol. The first kappa shape index (κ1) is 14.7. The Morgan fingerprint density at radius 1 is 1.15 bits per heavy atom. The van der Waals surface area contributed by atoms with Gasteiger partial charge in [0.15, 0.2) is 11.5 Å². The van der Waals surface area contributed by atoms with Gasteiger partial charge in [0.25, 0.3) is 0 Å². The molecule has 1 N–H and O–H groups in total. The van der Waals surface area contributed by atoms with E-state index >= 15 is 0 Å². The largest absolute Gasteiger partial charge is 0.493 e. The number of hydrogen-bond acceptors (Lipinski definition) is 5. The molecular formula is C15H20O5. The highest BCUT2D eigenvalue weighted by molar-refractivity contribution is 5.90. The number of aliphatic hydroxyl groups excluding tert-OH is 1. The molecule has 0 spiro atoms. The van der Waals surface area contributed by atoms with E-state index in [1.165, 1.54) is 7.11 Å². The van der Waals surface area contributed by atoms with Gasteiger partial charge in [0.1, 0.15) is 0 Å². The summed E-state index contributed by atoms with van der Waals surface area (Å²) in [6.45, 7) is 0. The zero-order valence-corrected chi connectivity index (χ0v) is 11.8. The summed E-state index contributed by atoms with van der Waals surface area (Å²) in [6.07, 6.45) is 2.89. The molecule has 0 radical (unpaired) electrons. The van der Waals surface area contributed by atoms with Crippen molar-refractivity contribution in [1.29, 1.82) is 0 Å². The molecule has 0 heterocycles. The fourth-order valence-electron chi connectivity index (χ4n) is 2.36. The Labute approximate surface area is 118 Å². The summed E-state index contributed by atoms with van der Waals surface area (Å²) in [5.41, 5.74) is 0.430.